The van der Waals surface area contributed by atoms with E-state index in [0.29, 0.717) is 11.3 Å². The molecule has 0 saturated carbocycles. The number of para-hydroxylation sites is 1. The van der Waals surface area contributed by atoms with E-state index in [1.54, 1.807) is 24.4 Å². The summed E-state index contributed by atoms with van der Waals surface area (Å²) in [6.45, 7) is 1.90. The summed E-state index contributed by atoms with van der Waals surface area (Å²) >= 11 is 6.09. The molecule has 0 saturated heterocycles. The minimum atomic E-state index is -3.85. The van der Waals surface area contributed by atoms with Gasteiger partial charge in [0.05, 0.1) is 23.3 Å². The molecule has 3 rings (SSSR count). The summed E-state index contributed by atoms with van der Waals surface area (Å²) < 4.78 is 33.2. The number of methoxy groups -OCH3 is 1. The lowest BCUT2D eigenvalue weighted by Gasteiger charge is -2.12. The zero-order valence-corrected chi connectivity index (χ0v) is 14.6. The van der Waals surface area contributed by atoms with Crippen molar-refractivity contribution in [2.45, 2.75) is 11.8 Å². The first-order valence-electron chi connectivity index (χ1n) is 7.12. The highest BCUT2D eigenvalue weighted by atomic mass is 35.5. The van der Waals surface area contributed by atoms with Gasteiger partial charge in [0.1, 0.15) is 10.6 Å². The monoisotopic (exact) mass is 362 g/mol. The Morgan fingerprint density at radius 3 is 2.71 bits per heavy atom. The van der Waals surface area contributed by atoms with Gasteiger partial charge in [-0.05, 0) is 36.8 Å². The first-order chi connectivity index (χ1) is 11.4. The summed E-state index contributed by atoms with van der Waals surface area (Å²) in [6.07, 6.45) is 1.64. The molecule has 0 radical (unpaired) electrons. The Labute approximate surface area is 145 Å². The number of pyridine rings is 1. The van der Waals surface area contributed by atoms with Crippen molar-refractivity contribution in [3.63, 3.8) is 0 Å². The molecule has 5 nitrogen and oxygen atoms in total. The SMILES string of the molecule is COc1ccc(Cl)c(NS(=O)(=O)c2cccc3cc(C)cnc23)c1. The second kappa shape index (κ2) is 6.30. The summed E-state index contributed by atoms with van der Waals surface area (Å²) in [5.74, 6) is 0.503. The molecule has 3 aromatic rings. The standard InChI is InChI=1S/C17H15ClN2O3S/c1-11-8-12-4-3-5-16(17(12)19-10-11)24(21,22)20-15-9-13(23-2)6-7-14(15)18/h3-10,20H,1-2H3. The number of halogens is 1. The van der Waals surface area contributed by atoms with E-state index in [1.165, 1.54) is 19.2 Å². The quantitative estimate of drug-likeness (QED) is 0.761. The number of sulfonamides is 1. The van der Waals surface area contributed by atoms with E-state index in [2.05, 4.69) is 9.71 Å². The summed E-state index contributed by atoms with van der Waals surface area (Å²) in [7, 11) is -2.35. The largest absolute Gasteiger partial charge is 0.497 e. The average Bonchev–Trinajstić information content (AvgIpc) is 2.55. The summed E-state index contributed by atoms with van der Waals surface area (Å²) in [4.78, 5) is 4.36. The van der Waals surface area contributed by atoms with Crippen molar-refractivity contribution in [3.05, 3.63) is 59.2 Å². The zero-order chi connectivity index (χ0) is 17.3. The number of nitrogens with zero attached hydrogens (tertiary/aromatic N) is 1. The molecule has 24 heavy (non-hydrogen) atoms. The van der Waals surface area contributed by atoms with Crippen LogP contribution in [0, 0.1) is 6.92 Å². The third-order valence-electron chi connectivity index (χ3n) is 3.52. The van der Waals surface area contributed by atoms with Crippen LogP contribution in [0.15, 0.2) is 53.6 Å². The molecule has 1 aromatic heterocycles. The third-order valence-corrected chi connectivity index (χ3v) is 5.24. The van der Waals surface area contributed by atoms with E-state index in [-0.39, 0.29) is 15.6 Å². The number of aryl methyl sites for hydroxylation is 1. The van der Waals surface area contributed by atoms with Gasteiger partial charge in [0.25, 0.3) is 10.0 Å². The molecule has 0 bridgehead atoms. The van der Waals surface area contributed by atoms with Gasteiger partial charge in [0, 0.05) is 17.6 Å². The Hall–Kier alpha value is -2.31. The van der Waals surface area contributed by atoms with E-state index in [0.717, 1.165) is 10.9 Å². The lowest BCUT2D eigenvalue weighted by atomic mass is 10.2. The number of anilines is 1. The number of hydrogen-bond donors (Lipinski definition) is 1. The van der Waals surface area contributed by atoms with Crippen LogP contribution in [0.4, 0.5) is 5.69 Å². The summed E-state index contributed by atoms with van der Waals surface area (Å²) in [5.41, 5.74) is 1.62. The van der Waals surface area contributed by atoms with Gasteiger partial charge in [-0.1, -0.05) is 23.7 Å². The van der Waals surface area contributed by atoms with Crippen molar-refractivity contribution in [1.29, 1.82) is 0 Å². The highest BCUT2D eigenvalue weighted by Gasteiger charge is 2.20. The lowest BCUT2D eigenvalue weighted by Crippen LogP contribution is -2.14. The van der Waals surface area contributed by atoms with Crippen molar-refractivity contribution in [3.8, 4) is 5.75 Å². The van der Waals surface area contributed by atoms with Crippen molar-refractivity contribution in [1.82, 2.24) is 4.98 Å². The van der Waals surface area contributed by atoms with Crippen molar-refractivity contribution >= 4 is 38.2 Å². The van der Waals surface area contributed by atoms with E-state index in [1.807, 2.05) is 19.1 Å². The third kappa shape index (κ3) is 3.16. The van der Waals surface area contributed by atoms with Gasteiger partial charge >= 0.3 is 0 Å². The molecule has 124 valence electrons. The predicted octanol–water partition coefficient (Wildman–Crippen LogP) is 4.01. The number of benzene rings is 2. The molecule has 0 aliphatic heterocycles. The van der Waals surface area contributed by atoms with Crippen LogP contribution in [0.25, 0.3) is 10.9 Å². The first kappa shape index (κ1) is 16.5. The molecule has 0 fully saturated rings. The van der Waals surface area contributed by atoms with Crippen LogP contribution in [0.2, 0.25) is 5.02 Å². The van der Waals surface area contributed by atoms with Gasteiger partial charge in [-0.25, -0.2) is 8.42 Å². The van der Waals surface area contributed by atoms with Crippen LogP contribution in [0.1, 0.15) is 5.56 Å². The molecule has 0 amide bonds. The van der Waals surface area contributed by atoms with Crippen LogP contribution >= 0.6 is 11.6 Å². The minimum absolute atomic E-state index is 0.0962. The first-order valence-corrected chi connectivity index (χ1v) is 8.98. The number of fused-ring (bicyclic) bond motifs is 1. The Bertz CT molecular complexity index is 1020. The Kier molecular flexibility index (Phi) is 4.34. The fourth-order valence-corrected chi connectivity index (χ4v) is 3.84. The highest BCUT2D eigenvalue weighted by molar-refractivity contribution is 7.93. The molecule has 1 N–H and O–H groups in total. The number of nitrogens with one attached hydrogen (secondary N) is 1. The lowest BCUT2D eigenvalue weighted by molar-refractivity contribution is 0.415. The van der Waals surface area contributed by atoms with Crippen LogP contribution in [0.5, 0.6) is 5.75 Å². The van der Waals surface area contributed by atoms with Crippen molar-refractivity contribution < 1.29 is 13.2 Å². The summed E-state index contributed by atoms with van der Waals surface area (Å²) in [6, 6.07) is 11.7. The van der Waals surface area contributed by atoms with Crippen molar-refractivity contribution in [2.24, 2.45) is 0 Å². The normalized spacial score (nSPS) is 11.5. The second-order valence-electron chi connectivity index (χ2n) is 5.29. The fourth-order valence-electron chi connectivity index (χ4n) is 2.37. The number of ether oxygens (including phenoxy) is 1. The Balaban J connectivity index is 2.09. The van der Waals surface area contributed by atoms with Gasteiger partial charge in [-0.3, -0.25) is 9.71 Å². The maximum Gasteiger partial charge on any atom is 0.264 e. The molecular formula is C17H15ClN2O3S. The molecular weight excluding hydrogens is 348 g/mol. The molecule has 2 aromatic carbocycles. The smallest absolute Gasteiger partial charge is 0.264 e. The van der Waals surface area contributed by atoms with Gasteiger partial charge in [0.2, 0.25) is 0 Å². The van der Waals surface area contributed by atoms with E-state index < -0.39 is 10.0 Å². The highest BCUT2D eigenvalue weighted by Crippen LogP contribution is 2.30. The molecule has 0 aliphatic rings. The molecule has 0 unspecified atom stereocenters. The Morgan fingerprint density at radius 2 is 1.96 bits per heavy atom. The van der Waals surface area contributed by atoms with Crippen LogP contribution < -0.4 is 9.46 Å². The van der Waals surface area contributed by atoms with Gasteiger partial charge in [-0.2, -0.15) is 0 Å². The summed E-state index contributed by atoms with van der Waals surface area (Å²) in [5, 5.41) is 1.04. The fraction of sp³-hybridized carbons (Fsp3) is 0.118. The maximum atomic E-state index is 12.8. The second-order valence-corrected chi connectivity index (χ2v) is 7.35. The molecule has 0 aliphatic carbocycles. The van der Waals surface area contributed by atoms with E-state index in [4.69, 9.17) is 16.3 Å². The van der Waals surface area contributed by atoms with Crippen LogP contribution in [0.3, 0.4) is 0 Å². The molecule has 7 heteroatoms. The maximum absolute atomic E-state index is 12.8. The molecule has 0 atom stereocenters. The zero-order valence-electron chi connectivity index (χ0n) is 13.1. The van der Waals surface area contributed by atoms with E-state index >= 15 is 0 Å². The predicted molar refractivity (Wildman–Crippen MR) is 95.3 cm³/mol. The number of rotatable bonds is 4. The van der Waals surface area contributed by atoms with Gasteiger partial charge in [0.15, 0.2) is 0 Å². The average molecular weight is 363 g/mol. The van der Waals surface area contributed by atoms with Crippen LogP contribution in [-0.2, 0) is 10.0 Å². The molecule has 0 spiro atoms. The molecule has 1 heterocycles. The van der Waals surface area contributed by atoms with Crippen LogP contribution in [-0.4, -0.2) is 20.5 Å². The van der Waals surface area contributed by atoms with Gasteiger partial charge < -0.3 is 4.74 Å². The minimum Gasteiger partial charge on any atom is -0.497 e. The Morgan fingerprint density at radius 1 is 1.17 bits per heavy atom. The number of hydrogen-bond acceptors (Lipinski definition) is 4. The topological polar surface area (TPSA) is 68.3 Å². The number of aromatic nitrogens is 1. The van der Waals surface area contributed by atoms with Crippen molar-refractivity contribution in [2.75, 3.05) is 11.8 Å². The van der Waals surface area contributed by atoms with E-state index in [9.17, 15) is 8.42 Å². The van der Waals surface area contributed by atoms with Gasteiger partial charge in [-0.15, -0.1) is 0 Å².